The van der Waals surface area contributed by atoms with Gasteiger partial charge in [0.1, 0.15) is 11.9 Å². The maximum atomic E-state index is 6.23. The fourth-order valence-electron chi connectivity index (χ4n) is 2.93. The Bertz CT molecular complexity index is 584. The summed E-state index contributed by atoms with van der Waals surface area (Å²) in [6.45, 7) is 0.705. The van der Waals surface area contributed by atoms with Crippen molar-refractivity contribution < 1.29 is 4.74 Å². The van der Waals surface area contributed by atoms with Crippen LogP contribution < -0.4 is 10.5 Å². The molecule has 2 nitrogen and oxygen atoms in total. The number of rotatable bonds is 3. The first-order chi connectivity index (χ1) is 9.29. The molecule has 3 rings (SSSR count). The SMILES string of the molecule is NCC1CCCC1Oc1ccc(Cl)c2ccccc12. The molecule has 0 amide bonds. The Morgan fingerprint density at radius 1 is 1.11 bits per heavy atom. The highest BCUT2D eigenvalue weighted by Crippen LogP contribution is 2.35. The van der Waals surface area contributed by atoms with Crippen molar-refractivity contribution in [2.24, 2.45) is 11.7 Å². The highest BCUT2D eigenvalue weighted by molar-refractivity contribution is 6.35. The van der Waals surface area contributed by atoms with E-state index in [1.165, 1.54) is 12.8 Å². The van der Waals surface area contributed by atoms with Crippen molar-refractivity contribution in [1.82, 2.24) is 0 Å². The standard InChI is InChI=1S/C16H18ClNO/c17-14-8-9-16(13-6-2-1-5-12(13)14)19-15-7-3-4-11(15)10-18/h1-2,5-6,8-9,11,15H,3-4,7,10,18H2. The van der Waals surface area contributed by atoms with Gasteiger partial charge in [0.25, 0.3) is 0 Å². The first-order valence-electron chi connectivity index (χ1n) is 6.83. The molecule has 0 aromatic heterocycles. The van der Waals surface area contributed by atoms with Gasteiger partial charge in [-0.15, -0.1) is 0 Å². The largest absolute Gasteiger partial charge is 0.489 e. The van der Waals surface area contributed by atoms with Gasteiger partial charge < -0.3 is 10.5 Å². The summed E-state index contributed by atoms with van der Waals surface area (Å²) in [5, 5.41) is 2.89. The van der Waals surface area contributed by atoms with Crippen LogP contribution >= 0.6 is 11.6 Å². The van der Waals surface area contributed by atoms with Crippen LogP contribution in [0.25, 0.3) is 10.8 Å². The third-order valence-corrected chi connectivity index (χ3v) is 4.33. The lowest BCUT2D eigenvalue weighted by Crippen LogP contribution is -2.27. The number of fused-ring (bicyclic) bond motifs is 1. The molecule has 19 heavy (non-hydrogen) atoms. The second kappa shape index (κ2) is 5.40. The third kappa shape index (κ3) is 2.43. The minimum Gasteiger partial charge on any atom is -0.489 e. The van der Waals surface area contributed by atoms with Crippen molar-refractivity contribution in [1.29, 1.82) is 0 Å². The highest BCUT2D eigenvalue weighted by atomic mass is 35.5. The number of hydrogen-bond donors (Lipinski definition) is 1. The van der Waals surface area contributed by atoms with Gasteiger partial charge in [0.05, 0.1) is 0 Å². The van der Waals surface area contributed by atoms with E-state index in [2.05, 4.69) is 6.07 Å². The molecule has 2 aromatic carbocycles. The normalized spacial score (nSPS) is 22.8. The van der Waals surface area contributed by atoms with Gasteiger partial charge in [-0.3, -0.25) is 0 Å². The van der Waals surface area contributed by atoms with Gasteiger partial charge >= 0.3 is 0 Å². The molecule has 0 spiro atoms. The quantitative estimate of drug-likeness (QED) is 0.919. The molecular weight excluding hydrogens is 258 g/mol. The Labute approximate surface area is 118 Å². The fourth-order valence-corrected chi connectivity index (χ4v) is 3.16. The Morgan fingerprint density at radius 3 is 2.68 bits per heavy atom. The average molecular weight is 276 g/mol. The molecule has 2 N–H and O–H groups in total. The Morgan fingerprint density at radius 2 is 1.89 bits per heavy atom. The maximum absolute atomic E-state index is 6.23. The highest BCUT2D eigenvalue weighted by Gasteiger charge is 2.28. The van der Waals surface area contributed by atoms with E-state index in [1.807, 2.05) is 30.3 Å². The van der Waals surface area contributed by atoms with E-state index in [1.54, 1.807) is 0 Å². The molecule has 0 radical (unpaired) electrons. The summed E-state index contributed by atoms with van der Waals surface area (Å²) >= 11 is 6.23. The van der Waals surface area contributed by atoms with Crippen LogP contribution in [0.5, 0.6) is 5.75 Å². The monoisotopic (exact) mass is 275 g/mol. The van der Waals surface area contributed by atoms with E-state index >= 15 is 0 Å². The first kappa shape index (κ1) is 12.8. The fraction of sp³-hybridized carbons (Fsp3) is 0.375. The van der Waals surface area contributed by atoms with Crippen LogP contribution in [0.15, 0.2) is 36.4 Å². The van der Waals surface area contributed by atoms with Gasteiger partial charge in [0.15, 0.2) is 0 Å². The van der Waals surface area contributed by atoms with Crippen molar-refractivity contribution in [3.8, 4) is 5.75 Å². The summed E-state index contributed by atoms with van der Waals surface area (Å²) in [4.78, 5) is 0. The van der Waals surface area contributed by atoms with Gasteiger partial charge in [0.2, 0.25) is 0 Å². The third-order valence-electron chi connectivity index (χ3n) is 4.00. The van der Waals surface area contributed by atoms with Crippen LogP contribution in [0, 0.1) is 5.92 Å². The molecule has 2 unspecified atom stereocenters. The molecule has 0 saturated heterocycles. The first-order valence-corrected chi connectivity index (χ1v) is 7.21. The molecule has 2 aromatic rings. The zero-order valence-electron chi connectivity index (χ0n) is 10.8. The van der Waals surface area contributed by atoms with E-state index in [4.69, 9.17) is 22.1 Å². The Kier molecular flexibility index (Phi) is 3.63. The lowest BCUT2D eigenvalue weighted by Gasteiger charge is -2.21. The summed E-state index contributed by atoms with van der Waals surface area (Å²) in [6.07, 6.45) is 3.72. The van der Waals surface area contributed by atoms with Crippen molar-refractivity contribution in [2.75, 3.05) is 6.54 Å². The second-order valence-electron chi connectivity index (χ2n) is 5.17. The van der Waals surface area contributed by atoms with Gasteiger partial charge in [-0.1, -0.05) is 35.9 Å². The van der Waals surface area contributed by atoms with Crippen molar-refractivity contribution >= 4 is 22.4 Å². The summed E-state index contributed by atoms with van der Waals surface area (Å²) in [5.74, 6) is 1.40. The van der Waals surface area contributed by atoms with Crippen molar-refractivity contribution in [3.05, 3.63) is 41.4 Å². The van der Waals surface area contributed by atoms with E-state index in [0.717, 1.165) is 28.0 Å². The molecule has 0 aliphatic heterocycles. The molecule has 1 saturated carbocycles. The molecule has 0 bridgehead atoms. The predicted molar refractivity (Wildman–Crippen MR) is 79.8 cm³/mol. The van der Waals surface area contributed by atoms with Crippen molar-refractivity contribution in [3.63, 3.8) is 0 Å². The lowest BCUT2D eigenvalue weighted by atomic mass is 10.1. The molecule has 1 aliphatic rings. The van der Waals surface area contributed by atoms with E-state index in [-0.39, 0.29) is 6.10 Å². The van der Waals surface area contributed by atoms with Crippen LogP contribution in [0.1, 0.15) is 19.3 Å². The summed E-state index contributed by atoms with van der Waals surface area (Å²) < 4.78 is 6.21. The maximum Gasteiger partial charge on any atom is 0.127 e. The summed E-state index contributed by atoms with van der Waals surface area (Å²) in [6, 6.07) is 12.0. The molecule has 3 heteroatoms. The van der Waals surface area contributed by atoms with Crippen LogP contribution in [-0.2, 0) is 0 Å². The zero-order valence-corrected chi connectivity index (χ0v) is 11.6. The lowest BCUT2D eigenvalue weighted by molar-refractivity contribution is 0.164. The summed E-state index contributed by atoms with van der Waals surface area (Å²) in [7, 11) is 0. The van der Waals surface area contributed by atoms with Crippen LogP contribution in [0.3, 0.4) is 0 Å². The van der Waals surface area contributed by atoms with E-state index in [0.29, 0.717) is 12.5 Å². The Balaban J connectivity index is 1.95. The van der Waals surface area contributed by atoms with Crippen LogP contribution in [0.2, 0.25) is 5.02 Å². The molecule has 1 aliphatic carbocycles. The van der Waals surface area contributed by atoms with Crippen LogP contribution in [0.4, 0.5) is 0 Å². The topological polar surface area (TPSA) is 35.2 Å². The van der Waals surface area contributed by atoms with Gasteiger partial charge in [-0.05, 0) is 37.9 Å². The second-order valence-corrected chi connectivity index (χ2v) is 5.58. The number of halogens is 1. The van der Waals surface area contributed by atoms with Crippen LogP contribution in [-0.4, -0.2) is 12.6 Å². The molecule has 1 fully saturated rings. The predicted octanol–water partition coefficient (Wildman–Crippen LogP) is 4.00. The summed E-state index contributed by atoms with van der Waals surface area (Å²) in [5.41, 5.74) is 5.81. The Hall–Kier alpha value is -1.25. The number of ether oxygens (including phenoxy) is 1. The molecule has 100 valence electrons. The van der Waals surface area contributed by atoms with E-state index < -0.39 is 0 Å². The average Bonchev–Trinajstić information content (AvgIpc) is 2.89. The van der Waals surface area contributed by atoms with Crippen molar-refractivity contribution in [2.45, 2.75) is 25.4 Å². The number of benzene rings is 2. The van der Waals surface area contributed by atoms with E-state index in [9.17, 15) is 0 Å². The van der Waals surface area contributed by atoms with Gasteiger partial charge in [0, 0.05) is 21.7 Å². The number of hydrogen-bond acceptors (Lipinski definition) is 2. The number of nitrogens with two attached hydrogens (primary N) is 1. The smallest absolute Gasteiger partial charge is 0.127 e. The molecule has 2 atom stereocenters. The minimum atomic E-state index is 0.245. The van der Waals surface area contributed by atoms with Gasteiger partial charge in [-0.25, -0.2) is 0 Å². The van der Waals surface area contributed by atoms with Gasteiger partial charge in [-0.2, -0.15) is 0 Å². The molecule has 0 heterocycles. The zero-order chi connectivity index (χ0) is 13.2. The minimum absolute atomic E-state index is 0.245. The molecular formula is C16H18ClNO.